The van der Waals surface area contributed by atoms with Crippen LogP contribution >= 0.6 is 0 Å². The summed E-state index contributed by atoms with van der Waals surface area (Å²) in [5, 5.41) is 2.64. The van der Waals surface area contributed by atoms with E-state index in [0.717, 1.165) is 6.42 Å². The maximum absolute atomic E-state index is 2.37. The summed E-state index contributed by atoms with van der Waals surface area (Å²) in [6.45, 7) is 4.40. The van der Waals surface area contributed by atoms with Crippen LogP contribution in [0.1, 0.15) is 22.3 Å². The largest absolute Gasteiger partial charge is 0.0622 e. The minimum atomic E-state index is 0.939. The first kappa shape index (κ1) is 19.3. The number of benzene rings is 5. The van der Waals surface area contributed by atoms with Gasteiger partial charge in [0.2, 0.25) is 0 Å². The quantitative estimate of drug-likeness (QED) is 0.285. The highest BCUT2D eigenvalue weighted by atomic mass is 14.2. The number of aryl methyl sites for hydroxylation is 2. The molecule has 0 aliphatic rings. The molecule has 5 rings (SSSR count). The van der Waals surface area contributed by atoms with Crippen LogP contribution in [0.5, 0.6) is 0 Å². The van der Waals surface area contributed by atoms with Gasteiger partial charge in [-0.15, -0.1) is 0 Å². The van der Waals surface area contributed by atoms with Gasteiger partial charge < -0.3 is 0 Å². The van der Waals surface area contributed by atoms with E-state index in [2.05, 4.69) is 123 Å². The summed E-state index contributed by atoms with van der Waals surface area (Å²) < 4.78 is 0. The van der Waals surface area contributed by atoms with E-state index >= 15 is 0 Å². The van der Waals surface area contributed by atoms with Crippen molar-refractivity contribution in [2.45, 2.75) is 20.3 Å². The number of hydrogen-bond acceptors (Lipinski definition) is 0. The van der Waals surface area contributed by atoms with Gasteiger partial charge in [-0.1, -0.05) is 103 Å². The van der Waals surface area contributed by atoms with Crippen LogP contribution in [-0.2, 0) is 6.42 Å². The van der Waals surface area contributed by atoms with Gasteiger partial charge in [-0.05, 0) is 81.6 Å². The predicted molar refractivity (Wildman–Crippen MR) is 134 cm³/mol. The second kappa shape index (κ2) is 8.24. The third-order valence-electron chi connectivity index (χ3n) is 6.24. The minimum Gasteiger partial charge on any atom is -0.0622 e. The van der Waals surface area contributed by atoms with Crippen molar-refractivity contribution < 1.29 is 0 Å². The molecule has 0 atom stereocenters. The van der Waals surface area contributed by atoms with Crippen molar-refractivity contribution in [3.8, 4) is 22.3 Å². The summed E-state index contributed by atoms with van der Waals surface area (Å²) in [6, 6.07) is 39.7. The molecule has 0 radical (unpaired) electrons. The summed E-state index contributed by atoms with van der Waals surface area (Å²) in [5.41, 5.74) is 10.5. The molecule has 0 heterocycles. The van der Waals surface area contributed by atoms with E-state index < -0.39 is 0 Å². The average Bonchev–Trinajstić information content (AvgIpc) is 2.81. The van der Waals surface area contributed by atoms with Crippen molar-refractivity contribution in [2.75, 3.05) is 0 Å². The van der Waals surface area contributed by atoms with E-state index in [1.54, 1.807) is 0 Å². The maximum atomic E-state index is 2.37. The third kappa shape index (κ3) is 3.78. The molecule has 0 amide bonds. The van der Waals surface area contributed by atoms with Crippen molar-refractivity contribution in [3.63, 3.8) is 0 Å². The van der Waals surface area contributed by atoms with Gasteiger partial charge in [0.15, 0.2) is 0 Å². The standard InChI is InChI=1S/C31H26/c1-22-17-19-29(30-15-9-8-13-27(22)30)26-18-16-23(2)31(21-26)28-14-7-6-12-25(28)20-24-10-4-3-5-11-24/h3-19,21H,20H2,1-2H3. The molecule has 150 valence electrons. The molecular weight excluding hydrogens is 372 g/mol. The van der Waals surface area contributed by atoms with Crippen LogP contribution < -0.4 is 0 Å². The fraction of sp³-hybridized carbons (Fsp3) is 0.0968. The first-order valence-electron chi connectivity index (χ1n) is 10.9. The zero-order valence-electron chi connectivity index (χ0n) is 18.1. The maximum Gasteiger partial charge on any atom is -0.00196 e. The van der Waals surface area contributed by atoms with Gasteiger partial charge in [-0.3, -0.25) is 0 Å². The number of hydrogen-bond donors (Lipinski definition) is 0. The molecule has 0 saturated carbocycles. The smallest absolute Gasteiger partial charge is 0.00196 e. The SMILES string of the molecule is Cc1ccc(-c2ccc(C)c3ccccc23)cc1-c1ccccc1Cc1ccccc1. The number of rotatable bonds is 4. The Labute approximate surface area is 184 Å². The minimum absolute atomic E-state index is 0.939. The second-order valence-electron chi connectivity index (χ2n) is 8.32. The lowest BCUT2D eigenvalue weighted by atomic mass is 9.89. The Balaban J connectivity index is 1.64. The zero-order chi connectivity index (χ0) is 21.2. The molecule has 0 spiro atoms. The summed E-state index contributed by atoms with van der Waals surface area (Å²) in [4.78, 5) is 0. The second-order valence-corrected chi connectivity index (χ2v) is 8.32. The van der Waals surface area contributed by atoms with Crippen LogP contribution in [-0.4, -0.2) is 0 Å². The van der Waals surface area contributed by atoms with Crippen LogP contribution in [0.25, 0.3) is 33.0 Å². The molecule has 31 heavy (non-hydrogen) atoms. The molecule has 0 aliphatic heterocycles. The lowest BCUT2D eigenvalue weighted by molar-refractivity contribution is 1.19. The molecule has 0 aliphatic carbocycles. The fourth-order valence-corrected chi connectivity index (χ4v) is 4.53. The molecule has 0 aromatic heterocycles. The van der Waals surface area contributed by atoms with Crippen molar-refractivity contribution in [2.24, 2.45) is 0 Å². The van der Waals surface area contributed by atoms with E-state index in [0.29, 0.717) is 0 Å². The molecule has 0 fully saturated rings. The highest BCUT2D eigenvalue weighted by Gasteiger charge is 2.12. The summed E-state index contributed by atoms with van der Waals surface area (Å²) in [7, 11) is 0. The van der Waals surface area contributed by atoms with Gasteiger partial charge in [-0.25, -0.2) is 0 Å². The Morgan fingerprint density at radius 1 is 0.484 bits per heavy atom. The molecule has 0 nitrogen and oxygen atoms in total. The molecule has 0 unspecified atom stereocenters. The van der Waals surface area contributed by atoms with Crippen molar-refractivity contribution in [1.29, 1.82) is 0 Å². The van der Waals surface area contributed by atoms with Crippen LogP contribution in [0.2, 0.25) is 0 Å². The van der Waals surface area contributed by atoms with Gasteiger partial charge in [0.1, 0.15) is 0 Å². The highest BCUT2D eigenvalue weighted by molar-refractivity contribution is 5.99. The van der Waals surface area contributed by atoms with E-state index in [4.69, 9.17) is 0 Å². The van der Waals surface area contributed by atoms with E-state index in [1.165, 1.54) is 55.3 Å². The Hall–Kier alpha value is -3.64. The van der Waals surface area contributed by atoms with Crippen molar-refractivity contribution in [3.05, 3.63) is 131 Å². The molecule has 5 aromatic rings. The molecule has 0 heteroatoms. The van der Waals surface area contributed by atoms with Gasteiger partial charge >= 0.3 is 0 Å². The van der Waals surface area contributed by atoms with Crippen molar-refractivity contribution in [1.82, 2.24) is 0 Å². The van der Waals surface area contributed by atoms with E-state index in [1.807, 2.05) is 0 Å². The van der Waals surface area contributed by atoms with Crippen LogP contribution in [0.3, 0.4) is 0 Å². The Morgan fingerprint density at radius 3 is 2.00 bits per heavy atom. The lowest BCUT2D eigenvalue weighted by Crippen LogP contribution is -1.94. The highest BCUT2D eigenvalue weighted by Crippen LogP contribution is 2.35. The van der Waals surface area contributed by atoms with Gasteiger partial charge in [0.25, 0.3) is 0 Å². The molecule has 0 saturated heterocycles. The van der Waals surface area contributed by atoms with Crippen LogP contribution in [0, 0.1) is 13.8 Å². The normalized spacial score (nSPS) is 11.0. The number of fused-ring (bicyclic) bond motifs is 1. The first-order valence-corrected chi connectivity index (χ1v) is 10.9. The third-order valence-corrected chi connectivity index (χ3v) is 6.24. The summed E-state index contributed by atoms with van der Waals surface area (Å²) >= 11 is 0. The van der Waals surface area contributed by atoms with Crippen molar-refractivity contribution >= 4 is 10.8 Å². The first-order chi connectivity index (χ1) is 15.2. The fourth-order valence-electron chi connectivity index (χ4n) is 4.53. The average molecular weight is 399 g/mol. The lowest BCUT2D eigenvalue weighted by Gasteiger charge is -2.15. The topological polar surface area (TPSA) is 0 Å². The molecular formula is C31H26. The predicted octanol–water partition coefficient (Wildman–Crippen LogP) is 8.38. The van der Waals surface area contributed by atoms with Gasteiger partial charge in [-0.2, -0.15) is 0 Å². The summed E-state index contributed by atoms with van der Waals surface area (Å²) in [5.74, 6) is 0. The van der Waals surface area contributed by atoms with Crippen LogP contribution in [0.15, 0.2) is 109 Å². The van der Waals surface area contributed by atoms with Crippen LogP contribution in [0.4, 0.5) is 0 Å². The van der Waals surface area contributed by atoms with E-state index in [9.17, 15) is 0 Å². The van der Waals surface area contributed by atoms with E-state index in [-0.39, 0.29) is 0 Å². The molecule has 5 aromatic carbocycles. The summed E-state index contributed by atoms with van der Waals surface area (Å²) in [6.07, 6.45) is 0.939. The zero-order valence-corrected chi connectivity index (χ0v) is 18.1. The molecule has 0 bridgehead atoms. The monoisotopic (exact) mass is 398 g/mol. The Kier molecular flexibility index (Phi) is 5.14. The Morgan fingerprint density at radius 2 is 1.16 bits per heavy atom. The van der Waals surface area contributed by atoms with Gasteiger partial charge in [0.05, 0.1) is 0 Å². The molecule has 0 N–H and O–H groups in total. The van der Waals surface area contributed by atoms with Gasteiger partial charge in [0, 0.05) is 0 Å². The Bertz CT molecular complexity index is 1360.